The van der Waals surface area contributed by atoms with Crippen molar-refractivity contribution in [2.24, 2.45) is 5.92 Å². The molecule has 3 nitrogen and oxygen atoms in total. The summed E-state index contributed by atoms with van der Waals surface area (Å²) < 4.78 is 13.0. The summed E-state index contributed by atoms with van der Waals surface area (Å²) in [4.78, 5) is 11.3. The lowest BCUT2D eigenvalue weighted by Crippen LogP contribution is -2.38. The average molecular weight is 266 g/mol. The van der Waals surface area contributed by atoms with Crippen LogP contribution in [0.2, 0.25) is 0 Å². The van der Waals surface area contributed by atoms with Crippen molar-refractivity contribution in [3.63, 3.8) is 0 Å². The van der Waals surface area contributed by atoms with E-state index in [-0.39, 0.29) is 23.7 Å². The SMILES string of the molecule is CC(Cc1cccc(F)c1)NCCNC(=O)C(C)C. The summed E-state index contributed by atoms with van der Waals surface area (Å²) in [5, 5.41) is 6.16. The predicted octanol–water partition coefficient (Wildman–Crippen LogP) is 2.12. The van der Waals surface area contributed by atoms with E-state index in [2.05, 4.69) is 17.6 Å². The molecule has 19 heavy (non-hydrogen) atoms. The van der Waals surface area contributed by atoms with E-state index in [0.717, 1.165) is 18.5 Å². The number of amides is 1. The van der Waals surface area contributed by atoms with Crippen molar-refractivity contribution in [2.75, 3.05) is 13.1 Å². The third-order valence-corrected chi connectivity index (χ3v) is 2.87. The first-order chi connectivity index (χ1) is 8.99. The molecule has 0 aliphatic rings. The van der Waals surface area contributed by atoms with E-state index in [9.17, 15) is 9.18 Å². The van der Waals surface area contributed by atoms with Gasteiger partial charge in [-0.05, 0) is 31.0 Å². The quantitative estimate of drug-likeness (QED) is 0.742. The summed E-state index contributed by atoms with van der Waals surface area (Å²) in [5.74, 6) is -0.113. The highest BCUT2D eigenvalue weighted by Gasteiger charge is 2.06. The molecule has 0 fully saturated rings. The Morgan fingerprint density at radius 2 is 2.00 bits per heavy atom. The first-order valence-electron chi connectivity index (χ1n) is 6.74. The Morgan fingerprint density at radius 3 is 2.63 bits per heavy atom. The van der Waals surface area contributed by atoms with Gasteiger partial charge in [0, 0.05) is 25.0 Å². The van der Waals surface area contributed by atoms with Crippen molar-refractivity contribution in [1.29, 1.82) is 0 Å². The van der Waals surface area contributed by atoms with Crippen LogP contribution in [-0.2, 0) is 11.2 Å². The number of carbonyl (C=O) groups excluding carboxylic acids is 1. The third-order valence-electron chi connectivity index (χ3n) is 2.87. The van der Waals surface area contributed by atoms with Crippen LogP contribution in [0.1, 0.15) is 26.3 Å². The summed E-state index contributed by atoms with van der Waals surface area (Å²) in [7, 11) is 0. The van der Waals surface area contributed by atoms with E-state index >= 15 is 0 Å². The molecule has 1 amide bonds. The van der Waals surface area contributed by atoms with Gasteiger partial charge < -0.3 is 10.6 Å². The zero-order valence-electron chi connectivity index (χ0n) is 11.9. The van der Waals surface area contributed by atoms with Crippen molar-refractivity contribution < 1.29 is 9.18 Å². The highest BCUT2D eigenvalue weighted by atomic mass is 19.1. The van der Waals surface area contributed by atoms with Crippen molar-refractivity contribution >= 4 is 5.91 Å². The molecule has 1 aromatic carbocycles. The molecule has 1 unspecified atom stereocenters. The van der Waals surface area contributed by atoms with Crippen LogP contribution < -0.4 is 10.6 Å². The minimum absolute atomic E-state index is 0.0183. The van der Waals surface area contributed by atoms with Crippen LogP contribution in [0.4, 0.5) is 4.39 Å². The topological polar surface area (TPSA) is 41.1 Å². The molecular weight excluding hydrogens is 243 g/mol. The first-order valence-corrected chi connectivity index (χ1v) is 6.74. The average Bonchev–Trinajstić information content (AvgIpc) is 2.34. The van der Waals surface area contributed by atoms with Crippen LogP contribution in [0.3, 0.4) is 0 Å². The fourth-order valence-electron chi connectivity index (χ4n) is 1.80. The second-order valence-electron chi connectivity index (χ2n) is 5.13. The Morgan fingerprint density at radius 1 is 1.26 bits per heavy atom. The van der Waals surface area contributed by atoms with E-state index in [1.54, 1.807) is 12.1 Å². The predicted molar refractivity (Wildman–Crippen MR) is 75.4 cm³/mol. The second kappa shape index (κ2) is 7.89. The molecule has 0 heterocycles. The van der Waals surface area contributed by atoms with Crippen molar-refractivity contribution in [2.45, 2.75) is 33.2 Å². The van der Waals surface area contributed by atoms with Gasteiger partial charge in [0.1, 0.15) is 5.82 Å². The normalized spacial score (nSPS) is 12.5. The molecule has 1 aromatic rings. The Kier molecular flexibility index (Phi) is 6.50. The molecule has 0 bridgehead atoms. The number of halogens is 1. The van der Waals surface area contributed by atoms with E-state index in [1.807, 2.05) is 19.9 Å². The van der Waals surface area contributed by atoms with Gasteiger partial charge in [-0.2, -0.15) is 0 Å². The molecule has 0 saturated heterocycles. The fourth-order valence-corrected chi connectivity index (χ4v) is 1.80. The van der Waals surface area contributed by atoms with Gasteiger partial charge in [0.05, 0.1) is 0 Å². The molecule has 1 atom stereocenters. The first kappa shape index (κ1) is 15.6. The van der Waals surface area contributed by atoms with Gasteiger partial charge in [-0.1, -0.05) is 26.0 Å². The Labute approximate surface area is 114 Å². The van der Waals surface area contributed by atoms with Crippen LogP contribution in [0.25, 0.3) is 0 Å². The lowest BCUT2D eigenvalue weighted by molar-refractivity contribution is -0.123. The summed E-state index contributed by atoms with van der Waals surface area (Å²) in [5.41, 5.74) is 0.978. The van der Waals surface area contributed by atoms with Crippen LogP contribution in [0.15, 0.2) is 24.3 Å². The maximum absolute atomic E-state index is 13.0. The zero-order chi connectivity index (χ0) is 14.3. The van der Waals surface area contributed by atoms with Crippen molar-refractivity contribution in [3.8, 4) is 0 Å². The number of carbonyl (C=O) groups is 1. The van der Waals surface area contributed by atoms with Crippen LogP contribution in [0.5, 0.6) is 0 Å². The van der Waals surface area contributed by atoms with E-state index in [1.165, 1.54) is 6.07 Å². The van der Waals surface area contributed by atoms with Gasteiger partial charge in [-0.25, -0.2) is 4.39 Å². The van der Waals surface area contributed by atoms with Gasteiger partial charge >= 0.3 is 0 Å². The van der Waals surface area contributed by atoms with Gasteiger partial charge in [0.25, 0.3) is 0 Å². The van der Waals surface area contributed by atoms with Gasteiger partial charge in [0.15, 0.2) is 0 Å². The Bertz CT molecular complexity index is 407. The third kappa shape index (κ3) is 6.34. The molecule has 0 aliphatic heterocycles. The highest BCUT2D eigenvalue weighted by Crippen LogP contribution is 2.06. The summed E-state index contributed by atoms with van der Waals surface area (Å²) in [6, 6.07) is 6.89. The van der Waals surface area contributed by atoms with Crippen LogP contribution in [0, 0.1) is 11.7 Å². The lowest BCUT2D eigenvalue weighted by Gasteiger charge is -2.14. The number of hydrogen-bond acceptors (Lipinski definition) is 2. The Balaban J connectivity index is 2.21. The summed E-state index contributed by atoms with van der Waals surface area (Å²) in [6.07, 6.45) is 0.774. The van der Waals surface area contributed by atoms with Crippen molar-refractivity contribution in [1.82, 2.24) is 10.6 Å². The number of nitrogens with one attached hydrogen (secondary N) is 2. The molecule has 0 spiro atoms. The largest absolute Gasteiger partial charge is 0.355 e. The number of rotatable bonds is 7. The Hall–Kier alpha value is -1.42. The smallest absolute Gasteiger partial charge is 0.222 e. The molecule has 0 radical (unpaired) electrons. The number of hydrogen-bond donors (Lipinski definition) is 2. The summed E-state index contributed by atoms with van der Waals surface area (Å²) >= 11 is 0. The standard InChI is InChI=1S/C15H23FN2O/c1-11(2)15(19)18-8-7-17-12(3)9-13-5-4-6-14(16)10-13/h4-6,10-12,17H,7-9H2,1-3H3,(H,18,19). The molecule has 0 aliphatic carbocycles. The lowest BCUT2D eigenvalue weighted by atomic mass is 10.1. The highest BCUT2D eigenvalue weighted by molar-refractivity contribution is 5.77. The molecule has 2 N–H and O–H groups in total. The van der Waals surface area contributed by atoms with Crippen LogP contribution >= 0.6 is 0 Å². The minimum Gasteiger partial charge on any atom is -0.355 e. The maximum Gasteiger partial charge on any atom is 0.222 e. The van der Waals surface area contributed by atoms with Crippen molar-refractivity contribution in [3.05, 3.63) is 35.6 Å². The summed E-state index contributed by atoms with van der Waals surface area (Å²) in [6.45, 7) is 7.12. The molecule has 4 heteroatoms. The van der Waals surface area contributed by atoms with E-state index < -0.39 is 0 Å². The van der Waals surface area contributed by atoms with Gasteiger partial charge in [-0.3, -0.25) is 4.79 Å². The molecule has 106 valence electrons. The monoisotopic (exact) mass is 266 g/mol. The maximum atomic E-state index is 13.0. The zero-order valence-corrected chi connectivity index (χ0v) is 11.9. The van der Waals surface area contributed by atoms with Gasteiger partial charge in [-0.15, -0.1) is 0 Å². The van der Waals surface area contributed by atoms with Crippen LogP contribution in [-0.4, -0.2) is 25.0 Å². The fraction of sp³-hybridized carbons (Fsp3) is 0.533. The molecule has 1 rings (SSSR count). The molecule has 0 saturated carbocycles. The van der Waals surface area contributed by atoms with E-state index in [0.29, 0.717) is 6.54 Å². The molecular formula is C15H23FN2O. The number of benzene rings is 1. The minimum atomic E-state index is -0.200. The second-order valence-corrected chi connectivity index (χ2v) is 5.13. The van der Waals surface area contributed by atoms with Gasteiger partial charge in [0.2, 0.25) is 5.91 Å². The molecule has 0 aromatic heterocycles. The van der Waals surface area contributed by atoms with E-state index in [4.69, 9.17) is 0 Å².